The van der Waals surface area contributed by atoms with Gasteiger partial charge in [-0.15, -0.1) is 0 Å². The lowest BCUT2D eigenvalue weighted by atomic mass is 9.99. The highest BCUT2D eigenvalue weighted by atomic mass is 79.9. The monoisotopic (exact) mass is 264 g/mol. The summed E-state index contributed by atoms with van der Waals surface area (Å²) in [5, 5.41) is 0.568. The van der Waals surface area contributed by atoms with Crippen LogP contribution in [0.5, 0.6) is 0 Å². The van der Waals surface area contributed by atoms with Crippen molar-refractivity contribution in [1.82, 2.24) is 0 Å². The van der Waals surface area contributed by atoms with Crippen LogP contribution in [0.25, 0.3) is 0 Å². The molecule has 2 fully saturated rings. The SMILES string of the molecule is CC1(C)OC2C(CBr)OC(=O)[C@]2(C)O1. The zero-order chi connectivity index (χ0) is 10.6. The highest BCUT2D eigenvalue weighted by molar-refractivity contribution is 9.09. The number of halogens is 1. The van der Waals surface area contributed by atoms with Crippen LogP contribution in [-0.4, -0.2) is 34.9 Å². The van der Waals surface area contributed by atoms with Crippen LogP contribution >= 0.6 is 15.9 Å². The highest BCUT2D eigenvalue weighted by Crippen LogP contribution is 2.43. The molecule has 0 bridgehead atoms. The molecule has 0 N–H and O–H groups in total. The van der Waals surface area contributed by atoms with Crippen LogP contribution in [0.1, 0.15) is 20.8 Å². The van der Waals surface area contributed by atoms with Crippen molar-refractivity contribution in [3.8, 4) is 0 Å². The van der Waals surface area contributed by atoms with Crippen LogP contribution in [0.4, 0.5) is 0 Å². The van der Waals surface area contributed by atoms with Crippen molar-refractivity contribution in [2.24, 2.45) is 0 Å². The predicted octanol–water partition coefficient (Wildman–Crippen LogP) is 1.22. The molecular formula is C9H13BrO4. The largest absolute Gasteiger partial charge is 0.456 e. The van der Waals surface area contributed by atoms with Gasteiger partial charge in [-0.1, -0.05) is 15.9 Å². The summed E-state index contributed by atoms with van der Waals surface area (Å²) >= 11 is 3.29. The zero-order valence-corrected chi connectivity index (χ0v) is 9.96. The molecule has 0 aliphatic carbocycles. The number of rotatable bonds is 1. The normalized spacial score (nSPS) is 45.0. The Labute approximate surface area is 91.0 Å². The molecule has 0 amide bonds. The number of hydrogen-bond donors (Lipinski definition) is 0. The molecule has 4 nitrogen and oxygen atoms in total. The molecule has 14 heavy (non-hydrogen) atoms. The topological polar surface area (TPSA) is 44.8 Å². The molecule has 0 aromatic heterocycles. The van der Waals surface area contributed by atoms with Gasteiger partial charge >= 0.3 is 5.97 Å². The van der Waals surface area contributed by atoms with Gasteiger partial charge in [0.2, 0.25) is 0 Å². The Morgan fingerprint density at radius 3 is 2.64 bits per heavy atom. The third kappa shape index (κ3) is 1.30. The molecule has 5 heteroatoms. The molecule has 3 atom stereocenters. The van der Waals surface area contributed by atoms with Crippen LogP contribution in [0.15, 0.2) is 0 Å². The van der Waals surface area contributed by atoms with E-state index in [9.17, 15) is 4.79 Å². The first kappa shape index (κ1) is 10.4. The Bertz CT molecular complexity index is 278. The Kier molecular flexibility index (Phi) is 2.18. The summed E-state index contributed by atoms with van der Waals surface area (Å²) in [6.07, 6.45) is -0.571. The van der Waals surface area contributed by atoms with E-state index < -0.39 is 11.4 Å². The van der Waals surface area contributed by atoms with Gasteiger partial charge in [-0.3, -0.25) is 0 Å². The second kappa shape index (κ2) is 2.93. The molecular weight excluding hydrogens is 252 g/mol. The van der Waals surface area contributed by atoms with Gasteiger partial charge in [-0.25, -0.2) is 4.79 Å². The minimum Gasteiger partial charge on any atom is -0.456 e. The van der Waals surface area contributed by atoms with E-state index in [1.165, 1.54) is 0 Å². The van der Waals surface area contributed by atoms with Gasteiger partial charge in [-0.2, -0.15) is 0 Å². The maximum atomic E-state index is 11.6. The van der Waals surface area contributed by atoms with Crippen molar-refractivity contribution in [3.05, 3.63) is 0 Å². The van der Waals surface area contributed by atoms with Crippen molar-refractivity contribution < 1.29 is 19.0 Å². The second-order valence-corrected chi connectivity index (χ2v) is 4.89. The number of ether oxygens (including phenoxy) is 3. The summed E-state index contributed by atoms with van der Waals surface area (Å²) in [7, 11) is 0. The van der Waals surface area contributed by atoms with E-state index in [1.807, 2.05) is 0 Å². The summed E-state index contributed by atoms with van der Waals surface area (Å²) < 4.78 is 16.4. The number of carbonyl (C=O) groups excluding carboxylic acids is 1. The Balaban J connectivity index is 2.30. The summed E-state index contributed by atoms with van der Waals surface area (Å²) in [5.74, 6) is -1.04. The van der Waals surface area contributed by atoms with Gasteiger partial charge in [0.15, 0.2) is 11.4 Å². The maximum Gasteiger partial charge on any atom is 0.341 e. The van der Waals surface area contributed by atoms with Crippen molar-refractivity contribution >= 4 is 21.9 Å². The summed E-state index contributed by atoms with van der Waals surface area (Å²) in [4.78, 5) is 11.6. The molecule has 0 saturated carbocycles. The van der Waals surface area contributed by atoms with Crippen molar-refractivity contribution in [2.75, 3.05) is 5.33 Å². The van der Waals surface area contributed by atoms with Crippen LogP contribution in [0.3, 0.4) is 0 Å². The van der Waals surface area contributed by atoms with Crippen molar-refractivity contribution in [1.29, 1.82) is 0 Å². The first-order valence-electron chi connectivity index (χ1n) is 4.54. The van der Waals surface area contributed by atoms with Gasteiger partial charge in [0.25, 0.3) is 0 Å². The molecule has 0 aromatic rings. The number of fused-ring (bicyclic) bond motifs is 1. The smallest absolute Gasteiger partial charge is 0.341 e. The molecule has 0 spiro atoms. The standard InChI is InChI=1S/C9H13BrO4/c1-8(2)13-6-5(4-10)12-7(11)9(6,3)14-8/h5-6H,4H2,1-3H3/t5?,6?,9-/m1/s1. The summed E-state index contributed by atoms with van der Waals surface area (Å²) in [6.45, 7) is 5.32. The molecule has 0 radical (unpaired) electrons. The first-order valence-corrected chi connectivity index (χ1v) is 5.66. The average molecular weight is 265 g/mol. The van der Waals surface area contributed by atoms with E-state index in [0.717, 1.165) is 0 Å². The van der Waals surface area contributed by atoms with Crippen LogP contribution in [0, 0.1) is 0 Å². The summed E-state index contributed by atoms with van der Waals surface area (Å²) in [5.41, 5.74) is -0.943. The third-order valence-corrected chi connectivity index (χ3v) is 3.20. The number of hydrogen-bond acceptors (Lipinski definition) is 4. The average Bonchev–Trinajstić information content (AvgIpc) is 2.42. The molecule has 2 saturated heterocycles. The summed E-state index contributed by atoms with van der Waals surface area (Å²) in [6, 6.07) is 0. The Morgan fingerprint density at radius 2 is 2.07 bits per heavy atom. The van der Waals surface area contributed by atoms with E-state index in [1.54, 1.807) is 20.8 Å². The molecule has 2 rings (SSSR count). The lowest BCUT2D eigenvalue weighted by molar-refractivity contribution is -0.195. The van der Waals surface area contributed by atoms with Gasteiger partial charge in [-0.05, 0) is 20.8 Å². The Morgan fingerprint density at radius 1 is 1.43 bits per heavy atom. The second-order valence-electron chi connectivity index (χ2n) is 4.25. The predicted molar refractivity (Wildman–Crippen MR) is 52.1 cm³/mol. The van der Waals surface area contributed by atoms with Crippen molar-refractivity contribution in [2.45, 2.75) is 44.4 Å². The van der Waals surface area contributed by atoms with E-state index in [-0.39, 0.29) is 18.2 Å². The number of alkyl halides is 1. The van der Waals surface area contributed by atoms with E-state index in [4.69, 9.17) is 14.2 Å². The highest BCUT2D eigenvalue weighted by Gasteiger charge is 2.64. The van der Waals surface area contributed by atoms with E-state index >= 15 is 0 Å². The Hall–Kier alpha value is -0.130. The first-order chi connectivity index (χ1) is 6.39. The zero-order valence-electron chi connectivity index (χ0n) is 8.37. The van der Waals surface area contributed by atoms with Gasteiger partial charge in [0.1, 0.15) is 12.2 Å². The van der Waals surface area contributed by atoms with Crippen molar-refractivity contribution in [3.63, 3.8) is 0 Å². The van der Waals surface area contributed by atoms with Crippen LogP contribution < -0.4 is 0 Å². The van der Waals surface area contributed by atoms with Gasteiger partial charge in [0.05, 0.1) is 0 Å². The van der Waals surface area contributed by atoms with Crippen LogP contribution in [-0.2, 0) is 19.0 Å². The lowest BCUT2D eigenvalue weighted by Crippen LogP contribution is -2.41. The number of cyclic esters (lactones) is 1. The minimum absolute atomic E-state index is 0.255. The lowest BCUT2D eigenvalue weighted by Gasteiger charge is -2.21. The molecule has 2 heterocycles. The molecule has 0 aromatic carbocycles. The molecule has 2 aliphatic rings. The minimum atomic E-state index is -0.943. The van der Waals surface area contributed by atoms with Gasteiger partial charge in [0, 0.05) is 5.33 Å². The number of carbonyl (C=O) groups is 1. The molecule has 2 aliphatic heterocycles. The molecule has 2 unspecified atom stereocenters. The third-order valence-electron chi connectivity index (χ3n) is 2.56. The fraction of sp³-hybridized carbons (Fsp3) is 0.889. The molecule has 80 valence electrons. The van der Waals surface area contributed by atoms with E-state index in [2.05, 4.69) is 15.9 Å². The van der Waals surface area contributed by atoms with Gasteiger partial charge < -0.3 is 14.2 Å². The fourth-order valence-electron chi connectivity index (χ4n) is 2.03. The number of esters is 1. The van der Waals surface area contributed by atoms with Crippen LogP contribution in [0.2, 0.25) is 0 Å². The van der Waals surface area contributed by atoms with E-state index in [0.29, 0.717) is 5.33 Å². The quantitative estimate of drug-likeness (QED) is 0.528. The fourth-order valence-corrected chi connectivity index (χ4v) is 2.50. The maximum absolute atomic E-state index is 11.6.